The molecule has 0 aliphatic carbocycles. The van der Waals surface area contributed by atoms with Gasteiger partial charge in [0.1, 0.15) is 0 Å². The Balaban J connectivity index is 3.09. The van der Waals surface area contributed by atoms with Crippen molar-refractivity contribution in [1.82, 2.24) is 0 Å². The maximum absolute atomic E-state index is 10.7. The molecule has 0 heterocycles. The number of allylic oxidation sites excluding steroid dienone is 1. The van der Waals surface area contributed by atoms with Crippen LogP contribution < -0.4 is 0 Å². The highest BCUT2D eigenvalue weighted by Crippen LogP contribution is 2.08. The summed E-state index contributed by atoms with van der Waals surface area (Å²) in [4.78, 5) is 10.7. The van der Waals surface area contributed by atoms with E-state index in [0.717, 1.165) is 25.7 Å². The van der Waals surface area contributed by atoms with Crippen molar-refractivity contribution in [2.24, 2.45) is 0 Å². The molecule has 16 heavy (non-hydrogen) atoms. The summed E-state index contributed by atoms with van der Waals surface area (Å²) in [5, 5.41) is 8.59. The van der Waals surface area contributed by atoms with Crippen molar-refractivity contribution >= 4 is 5.97 Å². The highest BCUT2D eigenvalue weighted by atomic mass is 16.5. The second kappa shape index (κ2) is 12.2. The van der Waals surface area contributed by atoms with Gasteiger partial charge in [-0.2, -0.15) is 0 Å². The van der Waals surface area contributed by atoms with E-state index in [9.17, 15) is 4.79 Å². The lowest BCUT2D eigenvalue weighted by atomic mass is 10.1. The summed E-state index contributed by atoms with van der Waals surface area (Å²) in [5.41, 5.74) is 0. The molecule has 0 fully saturated rings. The van der Waals surface area contributed by atoms with Crippen LogP contribution in [-0.4, -0.2) is 24.8 Å². The van der Waals surface area contributed by atoms with Gasteiger partial charge in [-0.1, -0.05) is 38.2 Å². The number of aliphatic hydroxyl groups is 1. The minimum absolute atomic E-state index is 0.274. The Labute approximate surface area is 98.5 Å². The molecule has 3 heteroatoms. The molecule has 0 aliphatic heterocycles. The molecule has 0 rings (SSSR count). The van der Waals surface area contributed by atoms with Gasteiger partial charge in [-0.25, -0.2) is 4.79 Å². The Morgan fingerprint density at radius 2 is 1.62 bits per heavy atom. The van der Waals surface area contributed by atoms with Crippen LogP contribution >= 0.6 is 0 Å². The van der Waals surface area contributed by atoms with Crippen LogP contribution in [0.25, 0.3) is 0 Å². The van der Waals surface area contributed by atoms with Crippen LogP contribution in [0.4, 0.5) is 0 Å². The second-order valence-electron chi connectivity index (χ2n) is 3.91. The third kappa shape index (κ3) is 11.2. The summed E-state index contributed by atoms with van der Waals surface area (Å²) in [5.74, 6) is -0.274. The first-order valence-corrected chi connectivity index (χ1v) is 6.16. The van der Waals surface area contributed by atoms with Crippen LogP contribution in [0, 0.1) is 0 Å². The molecule has 94 valence electrons. The third-order valence-electron chi connectivity index (χ3n) is 2.48. The van der Waals surface area contributed by atoms with Crippen molar-refractivity contribution in [3.63, 3.8) is 0 Å². The lowest BCUT2D eigenvalue weighted by Gasteiger charge is -1.99. The van der Waals surface area contributed by atoms with Crippen molar-refractivity contribution < 1.29 is 14.6 Å². The van der Waals surface area contributed by atoms with Crippen LogP contribution in [0.3, 0.4) is 0 Å². The summed E-state index contributed by atoms with van der Waals surface area (Å²) in [6.45, 7) is 0.318. The van der Waals surface area contributed by atoms with Gasteiger partial charge in [0.2, 0.25) is 0 Å². The Hall–Kier alpha value is -0.830. The van der Waals surface area contributed by atoms with E-state index in [0.29, 0.717) is 6.61 Å². The second-order valence-corrected chi connectivity index (χ2v) is 3.91. The molecular weight excluding hydrogens is 204 g/mol. The zero-order valence-corrected chi connectivity index (χ0v) is 10.3. The number of hydrogen-bond acceptors (Lipinski definition) is 3. The van der Waals surface area contributed by atoms with Gasteiger partial charge in [-0.3, -0.25) is 0 Å². The monoisotopic (exact) mass is 228 g/mol. The topological polar surface area (TPSA) is 46.5 Å². The first-order valence-electron chi connectivity index (χ1n) is 6.16. The number of esters is 1. The average Bonchev–Trinajstić information content (AvgIpc) is 2.31. The van der Waals surface area contributed by atoms with Crippen molar-refractivity contribution in [3.8, 4) is 0 Å². The van der Waals surface area contributed by atoms with E-state index in [-0.39, 0.29) is 5.97 Å². The van der Waals surface area contributed by atoms with Gasteiger partial charge in [0.25, 0.3) is 0 Å². The molecule has 0 aromatic heterocycles. The van der Waals surface area contributed by atoms with Crippen LogP contribution in [0.5, 0.6) is 0 Å². The van der Waals surface area contributed by atoms with Gasteiger partial charge in [-0.15, -0.1) is 0 Å². The lowest BCUT2D eigenvalue weighted by Crippen LogP contribution is -1.93. The number of ether oxygens (including phenoxy) is 1. The van der Waals surface area contributed by atoms with Crippen molar-refractivity contribution in [3.05, 3.63) is 12.2 Å². The zero-order chi connectivity index (χ0) is 12.1. The Morgan fingerprint density at radius 1 is 1.06 bits per heavy atom. The zero-order valence-electron chi connectivity index (χ0n) is 10.3. The van der Waals surface area contributed by atoms with Gasteiger partial charge in [0.15, 0.2) is 0 Å². The smallest absolute Gasteiger partial charge is 0.330 e. The quantitative estimate of drug-likeness (QED) is 0.355. The Kier molecular flexibility index (Phi) is 11.6. The minimum atomic E-state index is -0.274. The fourth-order valence-electron chi connectivity index (χ4n) is 1.51. The maximum Gasteiger partial charge on any atom is 0.330 e. The molecule has 0 saturated heterocycles. The predicted molar refractivity (Wildman–Crippen MR) is 65.2 cm³/mol. The summed E-state index contributed by atoms with van der Waals surface area (Å²) in [7, 11) is 1.39. The van der Waals surface area contributed by atoms with Crippen molar-refractivity contribution in [1.29, 1.82) is 0 Å². The van der Waals surface area contributed by atoms with Gasteiger partial charge in [0, 0.05) is 12.7 Å². The summed E-state index contributed by atoms with van der Waals surface area (Å²) in [6, 6.07) is 0. The Bertz CT molecular complexity index is 188. The summed E-state index contributed by atoms with van der Waals surface area (Å²) in [6.07, 6.45) is 12.4. The van der Waals surface area contributed by atoms with Crippen LogP contribution in [0.1, 0.15) is 51.4 Å². The fourth-order valence-corrected chi connectivity index (χ4v) is 1.51. The lowest BCUT2D eigenvalue weighted by molar-refractivity contribution is -0.134. The highest BCUT2D eigenvalue weighted by molar-refractivity contribution is 5.81. The van der Waals surface area contributed by atoms with E-state index in [1.807, 2.05) is 6.08 Å². The first kappa shape index (κ1) is 15.2. The van der Waals surface area contributed by atoms with Crippen molar-refractivity contribution in [2.45, 2.75) is 51.4 Å². The third-order valence-corrected chi connectivity index (χ3v) is 2.48. The van der Waals surface area contributed by atoms with E-state index < -0.39 is 0 Å². The number of hydrogen-bond donors (Lipinski definition) is 1. The van der Waals surface area contributed by atoms with E-state index in [1.54, 1.807) is 0 Å². The number of methoxy groups -OCH3 is 1. The number of rotatable bonds is 10. The van der Waals surface area contributed by atoms with Crippen LogP contribution in [0.15, 0.2) is 12.2 Å². The van der Waals surface area contributed by atoms with E-state index in [1.165, 1.54) is 38.9 Å². The van der Waals surface area contributed by atoms with Gasteiger partial charge in [0.05, 0.1) is 7.11 Å². The molecule has 0 bridgehead atoms. The molecule has 0 aromatic rings. The number of aliphatic hydroxyl groups excluding tert-OH is 1. The minimum Gasteiger partial charge on any atom is -0.466 e. The summed E-state index contributed by atoms with van der Waals surface area (Å²) >= 11 is 0. The van der Waals surface area contributed by atoms with E-state index >= 15 is 0 Å². The van der Waals surface area contributed by atoms with Crippen LogP contribution in [-0.2, 0) is 9.53 Å². The van der Waals surface area contributed by atoms with Gasteiger partial charge < -0.3 is 9.84 Å². The molecule has 1 N–H and O–H groups in total. The SMILES string of the molecule is COC(=O)/C=C/CCCCCCCCCO. The largest absolute Gasteiger partial charge is 0.466 e. The Morgan fingerprint density at radius 3 is 2.19 bits per heavy atom. The number of carbonyl (C=O) groups excluding carboxylic acids is 1. The normalized spacial score (nSPS) is 10.9. The van der Waals surface area contributed by atoms with E-state index in [2.05, 4.69) is 4.74 Å². The molecule has 0 spiro atoms. The fraction of sp³-hybridized carbons (Fsp3) is 0.769. The molecule has 0 radical (unpaired) electrons. The van der Waals surface area contributed by atoms with E-state index in [4.69, 9.17) is 5.11 Å². The van der Waals surface area contributed by atoms with Gasteiger partial charge in [-0.05, 0) is 19.3 Å². The molecule has 0 unspecified atom stereocenters. The first-order chi connectivity index (χ1) is 7.81. The number of carbonyl (C=O) groups is 1. The number of unbranched alkanes of at least 4 members (excludes halogenated alkanes) is 7. The highest BCUT2D eigenvalue weighted by Gasteiger charge is 1.92. The average molecular weight is 228 g/mol. The molecule has 0 aliphatic rings. The standard InChI is InChI=1S/C13H24O3/c1-16-13(15)11-9-7-5-3-2-4-6-8-10-12-14/h9,11,14H,2-8,10,12H2,1H3/b11-9+. The van der Waals surface area contributed by atoms with Crippen molar-refractivity contribution in [2.75, 3.05) is 13.7 Å². The molecular formula is C13H24O3. The van der Waals surface area contributed by atoms with Gasteiger partial charge >= 0.3 is 5.97 Å². The molecule has 0 saturated carbocycles. The molecule has 3 nitrogen and oxygen atoms in total. The molecule has 0 atom stereocenters. The molecule has 0 aromatic carbocycles. The predicted octanol–water partition coefficient (Wildman–Crippen LogP) is 2.83. The maximum atomic E-state index is 10.7. The summed E-state index contributed by atoms with van der Waals surface area (Å²) < 4.78 is 4.49. The van der Waals surface area contributed by atoms with Crippen LogP contribution in [0.2, 0.25) is 0 Å². The molecule has 0 amide bonds.